The van der Waals surface area contributed by atoms with E-state index in [0.717, 1.165) is 11.8 Å². The number of nitrogens with zero attached hydrogens (tertiary/aromatic N) is 2. The van der Waals surface area contributed by atoms with Crippen molar-refractivity contribution in [1.29, 1.82) is 0 Å². The molecule has 3 heterocycles. The summed E-state index contributed by atoms with van der Waals surface area (Å²) in [5.41, 5.74) is 6.01. The monoisotopic (exact) mass is 391 g/mol. The number of aliphatic imine (C=N–C) groups is 1. The van der Waals surface area contributed by atoms with Gasteiger partial charge in [-0.1, -0.05) is 24.4 Å². The first-order valence-electron chi connectivity index (χ1n) is 8.58. The number of amidine groups is 1. The van der Waals surface area contributed by atoms with Gasteiger partial charge in [0.2, 0.25) is 5.89 Å². The summed E-state index contributed by atoms with van der Waals surface area (Å²) in [6.07, 6.45) is 1.78. The molecule has 2 N–H and O–H groups in total. The van der Waals surface area contributed by atoms with Gasteiger partial charge in [0.15, 0.2) is 5.17 Å². The Morgan fingerprint density at radius 3 is 2.93 bits per heavy atom. The van der Waals surface area contributed by atoms with Crippen LogP contribution in [0.1, 0.15) is 35.4 Å². The van der Waals surface area contributed by atoms with Crippen LogP contribution in [0.5, 0.6) is 0 Å². The summed E-state index contributed by atoms with van der Waals surface area (Å²) < 4.78 is 39.8. The zero-order valence-corrected chi connectivity index (χ0v) is 15.6. The first-order chi connectivity index (χ1) is 12.9. The Hall–Kier alpha value is -2.19. The van der Waals surface area contributed by atoms with Crippen LogP contribution in [0.2, 0.25) is 0 Å². The van der Waals surface area contributed by atoms with Gasteiger partial charge < -0.3 is 14.9 Å². The molecule has 1 saturated heterocycles. The van der Waals surface area contributed by atoms with E-state index >= 15 is 0 Å². The number of rotatable bonds is 3. The maximum absolute atomic E-state index is 14.6. The highest BCUT2D eigenvalue weighted by molar-refractivity contribution is 8.13. The third kappa shape index (κ3) is 3.06. The van der Waals surface area contributed by atoms with Crippen molar-refractivity contribution in [2.24, 2.45) is 16.6 Å². The van der Waals surface area contributed by atoms with Crippen LogP contribution in [0.15, 0.2) is 34.2 Å². The van der Waals surface area contributed by atoms with E-state index in [1.165, 1.54) is 23.9 Å². The Labute approximate surface area is 159 Å². The number of fused-ring (bicyclic) bond motifs is 1. The Kier molecular flexibility index (Phi) is 4.55. The molecule has 27 heavy (non-hydrogen) atoms. The summed E-state index contributed by atoms with van der Waals surface area (Å²) in [7, 11) is 0. The zero-order chi connectivity index (χ0) is 19.2. The van der Waals surface area contributed by atoms with Crippen molar-refractivity contribution in [3.05, 3.63) is 59.3 Å². The van der Waals surface area contributed by atoms with Crippen molar-refractivity contribution in [2.75, 3.05) is 12.4 Å². The van der Waals surface area contributed by atoms with E-state index in [1.54, 1.807) is 6.08 Å². The van der Waals surface area contributed by atoms with Crippen LogP contribution < -0.4 is 5.73 Å². The van der Waals surface area contributed by atoms with E-state index in [-0.39, 0.29) is 18.6 Å². The minimum atomic E-state index is -0.980. The first kappa shape index (κ1) is 18.2. The van der Waals surface area contributed by atoms with Gasteiger partial charge >= 0.3 is 0 Å². The maximum Gasteiger partial charge on any atom is 0.224 e. The predicted molar refractivity (Wildman–Crippen MR) is 100 cm³/mol. The molecule has 1 aromatic carbocycles. The minimum absolute atomic E-state index is 0.0621. The number of halogens is 2. The fourth-order valence-corrected chi connectivity index (χ4v) is 4.75. The van der Waals surface area contributed by atoms with Crippen LogP contribution in [0.3, 0.4) is 0 Å². The highest BCUT2D eigenvalue weighted by Crippen LogP contribution is 2.49. The van der Waals surface area contributed by atoms with Crippen LogP contribution in [0.25, 0.3) is 6.08 Å². The molecule has 0 radical (unpaired) electrons. The lowest BCUT2D eigenvalue weighted by molar-refractivity contribution is -0.0698. The summed E-state index contributed by atoms with van der Waals surface area (Å²) in [5, 5.41) is 0.373. The number of nitrogens with two attached hydrogens (primary N) is 1. The Morgan fingerprint density at radius 2 is 2.22 bits per heavy atom. The van der Waals surface area contributed by atoms with E-state index in [0.29, 0.717) is 34.6 Å². The van der Waals surface area contributed by atoms with E-state index < -0.39 is 17.2 Å². The van der Waals surface area contributed by atoms with Crippen LogP contribution in [0, 0.1) is 24.5 Å². The van der Waals surface area contributed by atoms with E-state index in [9.17, 15) is 8.78 Å². The standard InChI is InChI=1S/C19H19F2N3O2S/c1-3-15-10(2)23-17(26-15)16-6-11-8-27-18(22)24-19(11,9-25-16)13-5-4-12(20)7-14(13)21/h3-5,7,11,16H,1,6,8-9H2,2H3,(H2,22,24)/t11-,16+,19-/m0/s1. The largest absolute Gasteiger partial charge is 0.438 e. The lowest BCUT2D eigenvalue weighted by Crippen LogP contribution is -2.48. The van der Waals surface area contributed by atoms with Gasteiger partial charge in [0, 0.05) is 23.3 Å². The third-order valence-corrected chi connectivity index (χ3v) is 6.08. The lowest BCUT2D eigenvalue weighted by atomic mass is 9.75. The smallest absolute Gasteiger partial charge is 0.224 e. The SMILES string of the molecule is C=Cc1oc([C@H]2C[C@H]3CSC(N)=N[C@@]3(c3ccc(F)cc3F)CO2)nc1C. The molecule has 0 amide bonds. The molecule has 0 spiro atoms. The van der Waals surface area contributed by atoms with Crippen molar-refractivity contribution in [1.82, 2.24) is 4.98 Å². The summed E-state index contributed by atoms with van der Waals surface area (Å²) in [6.45, 7) is 5.66. The molecule has 4 rings (SSSR count). The Bertz CT molecular complexity index is 930. The number of benzene rings is 1. The van der Waals surface area contributed by atoms with Gasteiger partial charge in [-0.25, -0.2) is 18.8 Å². The van der Waals surface area contributed by atoms with Gasteiger partial charge in [-0.3, -0.25) is 0 Å². The molecule has 3 atom stereocenters. The molecular formula is C19H19F2N3O2S. The van der Waals surface area contributed by atoms with E-state index in [4.69, 9.17) is 14.9 Å². The van der Waals surface area contributed by atoms with Crippen molar-refractivity contribution in [2.45, 2.75) is 25.0 Å². The number of ether oxygens (including phenoxy) is 1. The second-order valence-electron chi connectivity index (χ2n) is 6.75. The van der Waals surface area contributed by atoms with E-state index in [1.807, 2.05) is 6.92 Å². The fraction of sp³-hybridized carbons (Fsp3) is 0.368. The highest BCUT2D eigenvalue weighted by Gasteiger charge is 2.50. The van der Waals surface area contributed by atoms with Gasteiger partial charge in [0.05, 0.1) is 12.3 Å². The van der Waals surface area contributed by atoms with Gasteiger partial charge in [0.25, 0.3) is 0 Å². The lowest BCUT2D eigenvalue weighted by Gasteiger charge is -2.45. The molecule has 0 bridgehead atoms. The summed E-state index contributed by atoms with van der Waals surface area (Å²) in [5.74, 6) is 0.394. The first-order valence-corrected chi connectivity index (χ1v) is 9.56. The van der Waals surface area contributed by atoms with Crippen molar-refractivity contribution >= 4 is 23.0 Å². The van der Waals surface area contributed by atoms with E-state index in [2.05, 4.69) is 16.6 Å². The average Bonchev–Trinajstić information content (AvgIpc) is 3.01. The molecule has 2 aromatic rings. The maximum atomic E-state index is 14.6. The minimum Gasteiger partial charge on any atom is -0.438 e. The Balaban J connectivity index is 1.71. The molecule has 2 aliphatic rings. The third-order valence-electron chi connectivity index (χ3n) is 5.13. The van der Waals surface area contributed by atoms with Gasteiger partial charge in [-0.15, -0.1) is 0 Å². The quantitative estimate of drug-likeness (QED) is 0.858. The molecular weight excluding hydrogens is 372 g/mol. The van der Waals surface area contributed by atoms with Crippen molar-refractivity contribution < 1.29 is 17.9 Å². The van der Waals surface area contributed by atoms with Crippen molar-refractivity contribution in [3.63, 3.8) is 0 Å². The fourth-order valence-electron chi connectivity index (χ4n) is 3.74. The van der Waals surface area contributed by atoms with Crippen molar-refractivity contribution in [3.8, 4) is 0 Å². The number of hydrogen-bond acceptors (Lipinski definition) is 6. The second-order valence-corrected chi connectivity index (χ2v) is 7.79. The average molecular weight is 391 g/mol. The number of hydrogen-bond donors (Lipinski definition) is 1. The number of aryl methyl sites for hydroxylation is 1. The van der Waals surface area contributed by atoms with Crippen LogP contribution in [-0.4, -0.2) is 22.5 Å². The molecule has 1 fully saturated rings. The predicted octanol–water partition coefficient (Wildman–Crippen LogP) is 3.94. The second kappa shape index (κ2) is 6.76. The molecule has 0 unspecified atom stereocenters. The van der Waals surface area contributed by atoms with Gasteiger partial charge in [-0.2, -0.15) is 0 Å². The molecule has 5 nitrogen and oxygen atoms in total. The summed E-state index contributed by atoms with van der Waals surface area (Å²) >= 11 is 1.42. The van der Waals surface area contributed by atoms with Crippen LogP contribution in [-0.2, 0) is 10.3 Å². The molecule has 1 aromatic heterocycles. The summed E-state index contributed by atoms with van der Waals surface area (Å²) in [4.78, 5) is 8.99. The van der Waals surface area contributed by atoms with Gasteiger partial charge in [0.1, 0.15) is 29.0 Å². The Morgan fingerprint density at radius 1 is 1.41 bits per heavy atom. The molecule has 0 aliphatic carbocycles. The normalized spacial score (nSPS) is 27.7. The van der Waals surface area contributed by atoms with Crippen LogP contribution in [0.4, 0.5) is 8.78 Å². The number of oxazole rings is 1. The highest BCUT2D eigenvalue weighted by atomic mass is 32.2. The molecule has 142 valence electrons. The van der Waals surface area contributed by atoms with Crippen LogP contribution >= 0.6 is 11.8 Å². The summed E-state index contributed by atoms with van der Waals surface area (Å²) in [6, 6.07) is 3.53. The molecule has 2 aliphatic heterocycles. The van der Waals surface area contributed by atoms with Gasteiger partial charge in [-0.05, 0) is 25.5 Å². The topological polar surface area (TPSA) is 73.6 Å². The zero-order valence-electron chi connectivity index (χ0n) is 14.7. The molecule has 8 heteroatoms. The number of aromatic nitrogens is 1. The number of thioether (sulfide) groups is 1. The molecule has 0 saturated carbocycles.